The second-order valence-corrected chi connectivity index (χ2v) is 6.98. The van der Waals surface area contributed by atoms with E-state index in [9.17, 15) is 4.79 Å². The second-order valence-electron chi connectivity index (χ2n) is 5.76. The second kappa shape index (κ2) is 6.80. The Morgan fingerprint density at radius 1 is 1.17 bits per heavy atom. The fourth-order valence-electron chi connectivity index (χ4n) is 3.11. The van der Waals surface area contributed by atoms with Crippen LogP contribution in [0.25, 0.3) is 0 Å². The minimum absolute atomic E-state index is 0.240. The maximum atomic E-state index is 12.6. The van der Waals surface area contributed by atoms with Gasteiger partial charge in [0.25, 0.3) is 0 Å². The van der Waals surface area contributed by atoms with Crippen LogP contribution >= 0.6 is 11.8 Å². The molecule has 2 aliphatic rings. The third-order valence-electron chi connectivity index (χ3n) is 4.49. The van der Waals surface area contributed by atoms with Crippen LogP contribution < -0.4 is 11.1 Å². The molecule has 1 saturated heterocycles. The number of hydrogen-bond donors (Lipinski definition) is 2. The van der Waals surface area contributed by atoms with Gasteiger partial charge in [-0.2, -0.15) is 11.8 Å². The first-order chi connectivity index (χ1) is 8.77. The van der Waals surface area contributed by atoms with E-state index in [1.54, 1.807) is 0 Å². The lowest BCUT2D eigenvalue weighted by Gasteiger charge is -2.33. The van der Waals surface area contributed by atoms with Gasteiger partial charge in [0.2, 0.25) is 5.91 Å². The Labute approximate surface area is 115 Å². The van der Waals surface area contributed by atoms with Gasteiger partial charge < -0.3 is 11.1 Å². The number of rotatable bonds is 3. The molecule has 0 atom stereocenters. The fourth-order valence-corrected chi connectivity index (χ4v) is 4.22. The Balaban J connectivity index is 1.94. The molecule has 0 aromatic heterocycles. The van der Waals surface area contributed by atoms with Gasteiger partial charge in [-0.05, 0) is 37.2 Å². The molecule has 18 heavy (non-hydrogen) atoms. The van der Waals surface area contributed by atoms with Gasteiger partial charge in [-0.3, -0.25) is 4.79 Å². The van der Waals surface area contributed by atoms with E-state index in [1.807, 2.05) is 11.8 Å². The summed E-state index contributed by atoms with van der Waals surface area (Å²) in [7, 11) is 0. The summed E-state index contributed by atoms with van der Waals surface area (Å²) >= 11 is 1.99. The van der Waals surface area contributed by atoms with Crippen LogP contribution in [0.2, 0.25) is 0 Å². The molecule has 1 heterocycles. The largest absolute Gasteiger partial charge is 0.353 e. The summed E-state index contributed by atoms with van der Waals surface area (Å²) < 4.78 is 0. The van der Waals surface area contributed by atoms with Crippen molar-refractivity contribution in [3.05, 3.63) is 0 Å². The molecule has 1 aliphatic carbocycles. The molecule has 0 aromatic carbocycles. The molecule has 0 spiro atoms. The van der Waals surface area contributed by atoms with Crippen LogP contribution in [0.3, 0.4) is 0 Å². The van der Waals surface area contributed by atoms with Gasteiger partial charge in [0.1, 0.15) is 0 Å². The van der Waals surface area contributed by atoms with E-state index >= 15 is 0 Å². The molecule has 1 amide bonds. The van der Waals surface area contributed by atoms with Crippen molar-refractivity contribution < 1.29 is 4.79 Å². The highest BCUT2D eigenvalue weighted by Crippen LogP contribution is 2.34. The summed E-state index contributed by atoms with van der Waals surface area (Å²) in [4.78, 5) is 12.6. The van der Waals surface area contributed by atoms with Gasteiger partial charge >= 0.3 is 0 Å². The zero-order chi connectivity index (χ0) is 12.8. The zero-order valence-electron chi connectivity index (χ0n) is 11.2. The van der Waals surface area contributed by atoms with Crippen LogP contribution in [0.1, 0.15) is 51.4 Å². The first-order valence-electron chi connectivity index (χ1n) is 7.36. The van der Waals surface area contributed by atoms with Crippen molar-refractivity contribution in [2.45, 2.75) is 57.4 Å². The summed E-state index contributed by atoms with van der Waals surface area (Å²) in [5, 5.41) is 3.28. The molecule has 1 aliphatic heterocycles. The van der Waals surface area contributed by atoms with Crippen LogP contribution in [-0.2, 0) is 4.79 Å². The summed E-state index contributed by atoms with van der Waals surface area (Å²) in [6.07, 6.45) is 9.04. The van der Waals surface area contributed by atoms with Crippen LogP contribution in [0.5, 0.6) is 0 Å². The highest BCUT2D eigenvalue weighted by atomic mass is 32.2. The maximum Gasteiger partial charge on any atom is 0.227 e. The van der Waals surface area contributed by atoms with E-state index in [-0.39, 0.29) is 11.3 Å². The lowest BCUT2D eigenvalue weighted by molar-refractivity contribution is -0.132. The molecular formula is C14H26N2OS. The predicted molar refractivity (Wildman–Crippen MR) is 77.7 cm³/mol. The minimum atomic E-state index is -0.263. The highest BCUT2D eigenvalue weighted by Gasteiger charge is 2.38. The zero-order valence-corrected chi connectivity index (χ0v) is 12.1. The van der Waals surface area contributed by atoms with Crippen molar-refractivity contribution in [3.63, 3.8) is 0 Å². The minimum Gasteiger partial charge on any atom is -0.353 e. The Bertz CT molecular complexity index is 269. The summed E-state index contributed by atoms with van der Waals surface area (Å²) in [5.41, 5.74) is 5.69. The first kappa shape index (κ1) is 14.2. The van der Waals surface area contributed by atoms with Gasteiger partial charge in [-0.25, -0.2) is 0 Å². The average molecular weight is 270 g/mol. The number of nitrogens with one attached hydrogen (secondary N) is 1. The lowest BCUT2D eigenvalue weighted by atomic mass is 9.79. The Kier molecular flexibility index (Phi) is 5.37. The van der Waals surface area contributed by atoms with E-state index in [0.717, 1.165) is 38.5 Å². The van der Waals surface area contributed by atoms with Gasteiger partial charge in [-0.1, -0.05) is 25.7 Å². The van der Waals surface area contributed by atoms with E-state index < -0.39 is 0 Å². The molecule has 104 valence electrons. The summed E-state index contributed by atoms with van der Waals surface area (Å²) in [6.45, 7) is 0.514. The van der Waals surface area contributed by atoms with Crippen molar-refractivity contribution in [1.29, 1.82) is 0 Å². The van der Waals surface area contributed by atoms with E-state index in [4.69, 9.17) is 5.73 Å². The fraction of sp³-hybridized carbons (Fsp3) is 0.929. The van der Waals surface area contributed by atoms with E-state index in [2.05, 4.69) is 5.32 Å². The standard InChI is InChI=1S/C14H26N2OS/c15-11-14(7-3-1-2-4-8-14)13(17)16-12-5-9-18-10-6-12/h12H,1-11,15H2,(H,16,17). The van der Waals surface area contributed by atoms with Crippen LogP contribution in [0, 0.1) is 5.41 Å². The highest BCUT2D eigenvalue weighted by molar-refractivity contribution is 7.99. The molecule has 3 nitrogen and oxygen atoms in total. The van der Waals surface area contributed by atoms with Crippen LogP contribution in [-0.4, -0.2) is 30.0 Å². The number of amides is 1. The van der Waals surface area contributed by atoms with Crippen LogP contribution in [0.4, 0.5) is 0 Å². The van der Waals surface area contributed by atoms with Crippen molar-refractivity contribution in [2.24, 2.45) is 11.1 Å². The first-order valence-corrected chi connectivity index (χ1v) is 8.51. The number of nitrogens with two attached hydrogens (primary N) is 1. The number of carbonyl (C=O) groups is 1. The van der Waals surface area contributed by atoms with Crippen molar-refractivity contribution in [3.8, 4) is 0 Å². The molecule has 0 aromatic rings. The Morgan fingerprint density at radius 3 is 2.33 bits per heavy atom. The quantitative estimate of drug-likeness (QED) is 0.774. The molecule has 0 radical (unpaired) electrons. The normalized spacial score (nSPS) is 25.4. The smallest absolute Gasteiger partial charge is 0.227 e. The van der Waals surface area contributed by atoms with Crippen molar-refractivity contribution in [2.75, 3.05) is 18.1 Å². The van der Waals surface area contributed by atoms with Gasteiger partial charge in [0, 0.05) is 12.6 Å². The predicted octanol–water partition coefficient (Wildman–Crippen LogP) is 2.30. The topological polar surface area (TPSA) is 55.1 Å². The molecule has 3 N–H and O–H groups in total. The van der Waals surface area contributed by atoms with Crippen molar-refractivity contribution in [1.82, 2.24) is 5.32 Å². The van der Waals surface area contributed by atoms with E-state index in [1.165, 1.54) is 24.3 Å². The monoisotopic (exact) mass is 270 g/mol. The number of hydrogen-bond acceptors (Lipinski definition) is 3. The third kappa shape index (κ3) is 3.41. The molecule has 2 fully saturated rings. The Morgan fingerprint density at radius 2 is 1.78 bits per heavy atom. The number of thioether (sulfide) groups is 1. The molecule has 0 unspecified atom stereocenters. The lowest BCUT2D eigenvalue weighted by Crippen LogP contribution is -2.49. The summed E-state index contributed by atoms with van der Waals surface area (Å²) in [5.74, 6) is 2.60. The molecule has 0 bridgehead atoms. The average Bonchev–Trinajstić information content (AvgIpc) is 2.66. The van der Waals surface area contributed by atoms with Gasteiger partial charge in [-0.15, -0.1) is 0 Å². The Hall–Kier alpha value is -0.220. The maximum absolute atomic E-state index is 12.6. The van der Waals surface area contributed by atoms with E-state index in [0.29, 0.717) is 12.6 Å². The molecule has 4 heteroatoms. The van der Waals surface area contributed by atoms with Crippen molar-refractivity contribution >= 4 is 17.7 Å². The number of carbonyl (C=O) groups excluding carboxylic acids is 1. The van der Waals surface area contributed by atoms with Crippen LogP contribution in [0.15, 0.2) is 0 Å². The molecular weight excluding hydrogens is 244 g/mol. The SMILES string of the molecule is NCC1(C(=O)NC2CCSCC2)CCCCCC1. The molecule has 2 rings (SSSR count). The molecule has 1 saturated carbocycles. The van der Waals surface area contributed by atoms with Gasteiger partial charge in [0.15, 0.2) is 0 Å². The summed E-state index contributed by atoms with van der Waals surface area (Å²) in [6, 6.07) is 0.394. The van der Waals surface area contributed by atoms with Gasteiger partial charge in [0.05, 0.1) is 5.41 Å². The third-order valence-corrected chi connectivity index (χ3v) is 5.54.